The van der Waals surface area contributed by atoms with Crippen LogP contribution in [0.2, 0.25) is 0 Å². The molecular weight excluding hydrogens is 421 g/mol. The molecule has 0 atom stereocenters. The number of carbonyl (C=O) groups excluding carboxylic acids is 1. The Kier molecular flexibility index (Phi) is 5.63. The maximum absolute atomic E-state index is 13.0. The Labute approximate surface area is 180 Å². The Hall–Kier alpha value is -4.14. The first-order valence-electron chi connectivity index (χ1n) is 9.60. The summed E-state index contributed by atoms with van der Waals surface area (Å²) in [5.74, 6) is -0.344. The number of rotatable bonds is 5. The molecule has 4 aromatic rings. The van der Waals surface area contributed by atoms with Crippen LogP contribution in [-0.2, 0) is 17.5 Å². The summed E-state index contributed by atoms with van der Waals surface area (Å²) < 4.78 is 41.1. The lowest BCUT2D eigenvalue weighted by Crippen LogP contribution is -2.28. The Morgan fingerprint density at radius 3 is 2.25 bits per heavy atom. The van der Waals surface area contributed by atoms with Crippen LogP contribution in [0.15, 0.2) is 89.9 Å². The number of alkyl halides is 3. The Morgan fingerprint density at radius 1 is 0.938 bits per heavy atom. The van der Waals surface area contributed by atoms with Gasteiger partial charge in [0.25, 0.3) is 5.56 Å². The Balaban J connectivity index is 1.65. The summed E-state index contributed by atoms with van der Waals surface area (Å²) in [5, 5.41) is 7.21. The van der Waals surface area contributed by atoms with Crippen molar-refractivity contribution in [2.24, 2.45) is 0 Å². The van der Waals surface area contributed by atoms with Gasteiger partial charge < -0.3 is 9.88 Å². The Bertz CT molecular complexity index is 1300. The van der Waals surface area contributed by atoms with Gasteiger partial charge in [-0.15, -0.1) is 0 Å². The van der Waals surface area contributed by atoms with E-state index in [-0.39, 0.29) is 0 Å². The molecule has 2 aromatic heterocycles. The van der Waals surface area contributed by atoms with E-state index < -0.39 is 29.8 Å². The molecule has 0 radical (unpaired) electrons. The summed E-state index contributed by atoms with van der Waals surface area (Å²) in [5.41, 5.74) is 0.384. The standard InChI is InChI=1S/C23H17F3N4O2/c24-23(25,26)17-11-12-22(32)29(14-17)15-21(31)27-20-13-19(16-7-3-1-4-8-16)28-30(20)18-9-5-2-6-10-18/h1-14H,15H2,(H,27,31). The highest BCUT2D eigenvalue weighted by molar-refractivity contribution is 5.90. The maximum atomic E-state index is 13.0. The third kappa shape index (κ3) is 4.61. The summed E-state index contributed by atoms with van der Waals surface area (Å²) in [4.78, 5) is 24.6. The van der Waals surface area contributed by atoms with Gasteiger partial charge in [-0.05, 0) is 18.2 Å². The maximum Gasteiger partial charge on any atom is 0.417 e. The predicted molar refractivity (Wildman–Crippen MR) is 113 cm³/mol. The fourth-order valence-corrected chi connectivity index (χ4v) is 3.15. The molecule has 0 aliphatic heterocycles. The third-order valence-electron chi connectivity index (χ3n) is 4.67. The lowest BCUT2D eigenvalue weighted by atomic mass is 10.1. The highest BCUT2D eigenvalue weighted by Crippen LogP contribution is 2.28. The van der Waals surface area contributed by atoms with Crippen LogP contribution < -0.4 is 10.9 Å². The van der Waals surface area contributed by atoms with Gasteiger partial charge in [0.2, 0.25) is 5.91 Å². The highest BCUT2D eigenvalue weighted by Gasteiger charge is 2.31. The summed E-state index contributed by atoms with van der Waals surface area (Å²) in [6.45, 7) is -0.580. The number of amides is 1. The van der Waals surface area contributed by atoms with Crippen LogP contribution in [0.5, 0.6) is 0 Å². The van der Waals surface area contributed by atoms with E-state index in [0.29, 0.717) is 29.5 Å². The molecule has 0 fully saturated rings. The molecule has 0 saturated heterocycles. The molecule has 2 heterocycles. The van der Waals surface area contributed by atoms with Crippen molar-refractivity contribution in [3.05, 3.63) is 101 Å². The number of hydrogen-bond acceptors (Lipinski definition) is 3. The molecule has 9 heteroatoms. The zero-order valence-electron chi connectivity index (χ0n) is 16.6. The molecule has 0 unspecified atom stereocenters. The number of benzene rings is 2. The minimum Gasteiger partial charge on any atom is -0.309 e. The van der Waals surface area contributed by atoms with Gasteiger partial charge >= 0.3 is 6.18 Å². The van der Waals surface area contributed by atoms with E-state index in [1.165, 1.54) is 4.68 Å². The third-order valence-corrected chi connectivity index (χ3v) is 4.67. The van der Waals surface area contributed by atoms with Crippen LogP contribution in [0.1, 0.15) is 5.56 Å². The van der Waals surface area contributed by atoms with E-state index in [1.54, 1.807) is 18.2 Å². The molecule has 0 spiro atoms. The lowest BCUT2D eigenvalue weighted by molar-refractivity contribution is -0.138. The van der Waals surface area contributed by atoms with E-state index in [4.69, 9.17) is 0 Å². The van der Waals surface area contributed by atoms with E-state index in [2.05, 4.69) is 10.4 Å². The van der Waals surface area contributed by atoms with Crippen molar-refractivity contribution in [2.45, 2.75) is 12.7 Å². The van der Waals surface area contributed by atoms with Gasteiger partial charge in [-0.2, -0.15) is 18.3 Å². The number of anilines is 1. The molecule has 0 saturated carbocycles. The number of aromatic nitrogens is 3. The van der Waals surface area contributed by atoms with Gasteiger partial charge in [-0.3, -0.25) is 9.59 Å². The van der Waals surface area contributed by atoms with Crippen molar-refractivity contribution in [2.75, 3.05) is 5.32 Å². The average molecular weight is 438 g/mol. The van der Waals surface area contributed by atoms with Crippen molar-refractivity contribution in [1.29, 1.82) is 0 Å². The highest BCUT2D eigenvalue weighted by atomic mass is 19.4. The number of nitrogens with one attached hydrogen (secondary N) is 1. The molecule has 4 rings (SSSR count). The molecule has 0 aliphatic rings. The van der Waals surface area contributed by atoms with Crippen LogP contribution in [0.3, 0.4) is 0 Å². The van der Waals surface area contributed by atoms with Crippen molar-refractivity contribution in [1.82, 2.24) is 14.3 Å². The normalized spacial score (nSPS) is 11.3. The second-order valence-electron chi connectivity index (χ2n) is 6.96. The van der Waals surface area contributed by atoms with Crippen LogP contribution >= 0.6 is 0 Å². The van der Waals surface area contributed by atoms with Crippen molar-refractivity contribution in [3.8, 4) is 16.9 Å². The average Bonchev–Trinajstić information content (AvgIpc) is 3.19. The summed E-state index contributed by atoms with van der Waals surface area (Å²) in [6, 6.07) is 21.5. The number of para-hydroxylation sites is 1. The smallest absolute Gasteiger partial charge is 0.309 e. The minimum atomic E-state index is -4.62. The SMILES string of the molecule is O=C(Cn1cc(C(F)(F)F)ccc1=O)Nc1cc(-c2ccccc2)nn1-c1ccccc1. The molecule has 2 aromatic carbocycles. The fraction of sp³-hybridized carbons (Fsp3) is 0.0870. The molecule has 0 bridgehead atoms. The second-order valence-corrected chi connectivity index (χ2v) is 6.96. The van der Waals surface area contributed by atoms with Crippen LogP contribution in [0, 0.1) is 0 Å². The number of halogens is 3. The van der Waals surface area contributed by atoms with Gasteiger partial charge in [0.1, 0.15) is 12.4 Å². The molecular formula is C23H17F3N4O2. The topological polar surface area (TPSA) is 68.9 Å². The first-order chi connectivity index (χ1) is 15.3. The molecule has 1 N–H and O–H groups in total. The van der Waals surface area contributed by atoms with Gasteiger partial charge in [-0.25, -0.2) is 4.68 Å². The van der Waals surface area contributed by atoms with E-state index in [9.17, 15) is 22.8 Å². The first-order valence-corrected chi connectivity index (χ1v) is 9.60. The first kappa shape index (κ1) is 21.1. The minimum absolute atomic E-state index is 0.320. The Morgan fingerprint density at radius 2 is 1.59 bits per heavy atom. The number of pyridine rings is 1. The predicted octanol–water partition coefficient (Wildman–Crippen LogP) is 4.36. The zero-order valence-corrected chi connectivity index (χ0v) is 16.6. The van der Waals surface area contributed by atoms with E-state index in [0.717, 1.165) is 16.2 Å². The molecule has 162 valence electrons. The fourth-order valence-electron chi connectivity index (χ4n) is 3.15. The quantitative estimate of drug-likeness (QED) is 0.504. The molecule has 32 heavy (non-hydrogen) atoms. The summed E-state index contributed by atoms with van der Waals surface area (Å²) in [6.07, 6.45) is -3.99. The molecule has 0 aliphatic carbocycles. The van der Waals surface area contributed by atoms with Crippen molar-refractivity contribution >= 4 is 11.7 Å². The lowest BCUT2D eigenvalue weighted by Gasteiger charge is -2.12. The summed E-state index contributed by atoms with van der Waals surface area (Å²) >= 11 is 0. The van der Waals surface area contributed by atoms with E-state index in [1.807, 2.05) is 48.5 Å². The number of carbonyl (C=O) groups is 1. The van der Waals surface area contributed by atoms with Crippen molar-refractivity contribution < 1.29 is 18.0 Å². The molecule has 6 nitrogen and oxygen atoms in total. The van der Waals surface area contributed by atoms with Crippen LogP contribution in [-0.4, -0.2) is 20.3 Å². The largest absolute Gasteiger partial charge is 0.417 e. The van der Waals surface area contributed by atoms with Gasteiger partial charge in [0.05, 0.1) is 16.9 Å². The van der Waals surface area contributed by atoms with Crippen LogP contribution in [0.25, 0.3) is 16.9 Å². The molecule has 1 amide bonds. The van der Waals surface area contributed by atoms with Gasteiger partial charge in [-0.1, -0.05) is 48.5 Å². The second kappa shape index (κ2) is 8.54. The zero-order chi connectivity index (χ0) is 22.7. The van der Waals surface area contributed by atoms with Crippen molar-refractivity contribution in [3.63, 3.8) is 0 Å². The number of hydrogen-bond donors (Lipinski definition) is 1. The van der Waals surface area contributed by atoms with Gasteiger partial charge in [0.15, 0.2) is 0 Å². The van der Waals surface area contributed by atoms with Gasteiger partial charge in [0, 0.05) is 23.9 Å². The summed E-state index contributed by atoms with van der Waals surface area (Å²) in [7, 11) is 0. The van der Waals surface area contributed by atoms with Crippen LogP contribution in [0.4, 0.5) is 19.0 Å². The van der Waals surface area contributed by atoms with E-state index >= 15 is 0 Å². The number of nitrogens with zero attached hydrogens (tertiary/aromatic N) is 3. The monoisotopic (exact) mass is 438 g/mol.